The van der Waals surface area contributed by atoms with Crippen molar-refractivity contribution in [3.8, 4) is 6.07 Å². The van der Waals surface area contributed by atoms with Crippen LogP contribution in [0.25, 0.3) is 5.82 Å². The zero-order chi connectivity index (χ0) is 18.4. The van der Waals surface area contributed by atoms with Crippen LogP contribution in [-0.4, -0.2) is 28.9 Å². The first-order valence-electron chi connectivity index (χ1n) is 7.20. The minimum absolute atomic E-state index is 0.0729. The van der Waals surface area contributed by atoms with Crippen molar-refractivity contribution in [1.82, 2.24) is 14.8 Å². The first kappa shape index (κ1) is 16.6. The van der Waals surface area contributed by atoms with Gasteiger partial charge in [0.05, 0.1) is 11.6 Å². The lowest BCUT2D eigenvalue weighted by Gasteiger charge is -2.25. The third-order valence-electron chi connectivity index (χ3n) is 3.79. The smallest absolute Gasteiger partial charge is 0.383 e. The van der Waals surface area contributed by atoms with Gasteiger partial charge in [0.2, 0.25) is 5.95 Å². The Morgan fingerprint density at radius 2 is 1.92 bits per heavy atom. The highest BCUT2D eigenvalue weighted by molar-refractivity contribution is 5.66. The summed E-state index contributed by atoms with van der Waals surface area (Å²) in [5.74, 6) is -1.66. The Hall–Kier alpha value is -3.22. The van der Waals surface area contributed by atoms with E-state index in [1.807, 2.05) is 37.2 Å². The number of halogens is 3. The molecule has 1 aromatic carbocycles. The minimum atomic E-state index is -4.71. The largest absolute Gasteiger partial charge is 0.453 e. The van der Waals surface area contributed by atoms with Gasteiger partial charge in [-0.3, -0.25) is 0 Å². The van der Waals surface area contributed by atoms with Gasteiger partial charge in [-0.2, -0.15) is 28.1 Å². The zero-order valence-electron chi connectivity index (χ0n) is 13.3. The number of alkyl halides is 3. The number of nitrogens with one attached hydrogen (secondary N) is 1. The van der Waals surface area contributed by atoms with Crippen molar-refractivity contribution in [2.45, 2.75) is 12.2 Å². The van der Waals surface area contributed by atoms with E-state index in [4.69, 9.17) is 5.73 Å². The standard InChI is InChI=1S/C15H14F3N7/c1-24(2)9-5-3-8(4-6-9)11-10(7-19)12(20)25-14(21-11)22-13(23-25)15(16,17)18/h3-6,11H,20H2,1-2H3,(H,21,22,23). The fourth-order valence-corrected chi connectivity index (χ4v) is 2.49. The molecule has 0 fully saturated rings. The molecular formula is C15H14F3N7. The number of benzene rings is 1. The molecule has 2 heterocycles. The van der Waals surface area contributed by atoms with Gasteiger partial charge >= 0.3 is 6.18 Å². The lowest BCUT2D eigenvalue weighted by Crippen LogP contribution is -2.27. The second-order valence-corrected chi connectivity index (χ2v) is 5.64. The van der Waals surface area contributed by atoms with E-state index in [2.05, 4.69) is 15.4 Å². The van der Waals surface area contributed by atoms with Gasteiger partial charge in [0, 0.05) is 19.8 Å². The Morgan fingerprint density at radius 3 is 2.44 bits per heavy atom. The third kappa shape index (κ3) is 2.84. The van der Waals surface area contributed by atoms with E-state index in [1.54, 1.807) is 12.1 Å². The average Bonchev–Trinajstić information content (AvgIpc) is 2.99. The van der Waals surface area contributed by atoms with Crippen LogP contribution in [0.4, 0.5) is 24.8 Å². The molecule has 0 aliphatic carbocycles. The molecule has 1 atom stereocenters. The molecule has 2 aromatic rings. The SMILES string of the molecule is CN(C)c1ccc(C2Nc3nc(C(F)(F)F)nn3C(N)=C2C#N)cc1. The Balaban J connectivity index is 2.04. The number of rotatable bonds is 2. The molecule has 130 valence electrons. The second-order valence-electron chi connectivity index (χ2n) is 5.64. The number of hydrogen-bond donors (Lipinski definition) is 2. The molecule has 3 rings (SSSR count). The molecule has 0 saturated carbocycles. The van der Waals surface area contributed by atoms with Crippen molar-refractivity contribution in [2.75, 3.05) is 24.3 Å². The monoisotopic (exact) mass is 349 g/mol. The lowest BCUT2D eigenvalue weighted by molar-refractivity contribution is -0.144. The molecule has 1 aromatic heterocycles. The van der Waals surface area contributed by atoms with Crippen LogP contribution in [0.5, 0.6) is 0 Å². The van der Waals surface area contributed by atoms with Crippen molar-refractivity contribution in [1.29, 1.82) is 5.26 Å². The van der Waals surface area contributed by atoms with Gasteiger partial charge in [0.1, 0.15) is 11.9 Å². The van der Waals surface area contributed by atoms with Crippen LogP contribution < -0.4 is 16.0 Å². The zero-order valence-corrected chi connectivity index (χ0v) is 13.3. The van der Waals surface area contributed by atoms with Crippen LogP contribution in [-0.2, 0) is 6.18 Å². The highest BCUT2D eigenvalue weighted by atomic mass is 19.4. The summed E-state index contributed by atoms with van der Waals surface area (Å²) in [7, 11) is 3.77. The first-order chi connectivity index (χ1) is 11.7. The van der Waals surface area contributed by atoms with Crippen LogP contribution in [0.1, 0.15) is 17.4 Å². The fraction of sp³-hybridized carbons (Fsp3) is 0.267. The Morgan fingerprint density at radius 1 is 1.28 bits per heavy atom. The summed E-state index contributed by atoms with van der Waals surface area (Å²) in [6.07, 6.45) is -4.71. The normalized spacial score (nSPS) is 16.9. The fourth-order valence-electron chi connectivity index (χ4n) is 2.49. The molecule has 0 bridgehead atoms. The molecule has 25 heavy (non-hydrogen) atoms. The van der Waals surface area contributed by atoms with Gasteiger partial charge in [-0.15, -0.1) is 5.10 Å². The Labute approximate surface area is 141 Å². The maximum Gasteiger partial charge on any atom is 0.453 e. The number of aromatic nitrogens is 3. The van der Waals surface area contributed by atoms with Crippen molar-refractivity contribution in [3.63, 3.8) is 0 Å². The molecule has 1 aliphatic heterocycles. The van der Waals surface area contributed by atoms with Crippen molar-refractivity contribution < 1.29 is 13.2 Å². The van der Waals surface area contributed by atoms with E-state index in [9.17, 15) is 18.4 Å². The van der Waals surface area contributed by atoms with E-state index in [0.29, 0.717) is 5.56 Å². The highest BCUT2D eigenvalue weighted by Gasteiger charge is 2.39. The van der Waals surface area contributed by atoms with E-state index < -0.39 is 18.0 Å². The molecule has 1 aliphatic rings. The Bertz CT molecular complexity index is 872. The Kier molecular flexibility index (Phi) is 3.79. The van der Waals surface area contributed by atoms with E-state index in [-0.39, 0.29) is 17.3 Å². The number of hydrogen-bond acceptors (Lipinski definition) is 6. The predicted molar refractivity (Wildman–Crippen MR) is 85.2 cm³/mol. The number of nitriles is 1. The average molecular weight is 349 g/mol. The number of nitrogens with zero attached hydrogens (tertiary/aromatic N) is 5. The second kappa shape index (κ2) is 5.70. The molecule has 7 nitrogen and oxygen atoms in total. The highest BCUT2D eigenvalue weighted by Crippen LogP contribution is 2.35. The first-order valence-corrected chi connectivity index (χ1v) is 7.20. The molecule has 3 N–H and O–H groups in total. The lowest BCUT2D eigenvalue weighted by atomic mass is 9.98. The number of anilines is 2. The number of fused-ring (bicyclic) bond motifs is 1. The molecule has 1 unspecified atom stereocenters. The van der Waals surface area contributed by atoms with Gasteiger partial charge in [-0.05, 0) is 17.7 Å². The quantitative estimate of drug-likeness (QED) is 0.863. The van der Waals surface area contributed by atoms with Gasteiger partial charge < -0.3 is 16.0 Å². The number of nitrogens with two attached hydrogens (primary N) is 1. The van der Waals surface area contributed by atoms with Crippen LogP contribution in [0.3, 0.4) is 0 Å². The molecule has 0 amide bonds. The van der Waals surface area contributed by atoms with Crippen LogP contribution in [0.15, 0.2) is 29.8 Å². The van der Waals surface area contributed by atoms with E-state index in [0.717, 1.165) is 10.4 Å². The summed E-state index contributed by atoms with van der Waals surface area (Å²) in [6, 6.07) is 8.45. The summed E-state index contributed by atoms with van der Waals surface area (Å²) in [6.45, 7) is 0. The van der Waals surface area contributed by atoms with Gasteiger partial charge in [-0.1, -0.05) is 12.1 Å². The van der Waals surface area contributed by atoms with Crippen molar-refractivity contribution in [3.05, 3.63) is 41.2 Å². The molecule has 10 heteroatoms. The summed E-state index contributed by atoms with van der Waals surface area (Å²) in [4.78, 5) is 5.35. The topological polar surface area (TPSA) is 95.8 Å². The van der Waals surface area contributed by atoms with Crippen LogP contribution >= 0.6 is 0 Å². The van der Waals surface area contributed by atoms with Gasteiger partial charge in [0.25, 0.3) is 5.82 Å². The molecule has 0 spiro atoms. The molecule has 0 radical (unpaired) electrons. The summed E-state index contributed by atoms with van der Waals surface area (Å²) < 4.78 is 39.3. The summed E-state index contributed by atoms with van der Waals surface area (Å²) >= 11 is 0. The maximum atomic E-state index is 12.8. The van der Waals surface area contributed by atoms with Gasteiger partial charge in [-0.25, -0.2) is 0 Å². The summed E-state index contributed by atoms with van der Waals surface area (Å²) in [5, 5.41) is 15.6. The molecule has 0 saturated heterocycles. The maximum absolute atomic E-state index is 12.8. The molecular weight excluding hydrogens is 335 g/mol. The van der Waals surface area contributed by atoms with Gasteiger partial charge in [0.15, 0.2) is 0 Å². The van der Waals surface area contributed by atoms with Crippen LogP contribution in [0, 0.1) is 11.3 Å². The predicted octanol–water partition coefficient (Wildman–Crippen LogP) is 2.18. The van der Waals surface area contributed by atoms with E-state index in [1.165, 1.54) is 0 Å². The van der Waals surface area contributed by atoms with E-state index >= 15 is 0 Å². The van der Waals surface area contributed by atoms with Crippen molar-refractivity contribution >= 4 is 17.5 Å². The summed E-state index contributed by atoms with van der Waals surface area (Å²) in [5.41, 5.74) is 7.55. The van der Waals surface area contributed by atoms with Crippen LogP contribution in [0.2, 0.25) is 0 Å². The third-order valence-corrected chi connectivity index (χ3v) is 3.79. The minimum Gasteiger partial charge on any atom is -0.383 e. The van der Waals surface area contributed by atoms with Crippen molar-refractivity contribution in [2.24, 2.45) is 5.73 Å².